The number of benzene rings is 2. The van der Waals surface area contributed by atoms with E-state index in [9.17, 15) is 0 Å². The van der Waals surface area contributed by atoms with Gasteiger partial charge >= 0.3 is 0 Å². The maximum Gasteiger partial charge on any atom is 0.128 e. The van der Waals surface area contributed by atoms with Gasteiger partial charge in [0.05, 0.1) is 0 Å². The highest BCUT2D eigenvalue weighted by molar-refractivity contribution is 5.25. The Bertz CT molecular complexity index is 505. The number of para-hydroxylation sites is 1. The fourth-order valence-electron chi connectivity index (χ4n) is 2.86. The molecular formula is C18H21NO. The minimum Gasteiger partial charge on any atom is -0.485 e. The molecular weight excluding hydrogens is 246 g/mol. The van der Waals surface area contributed by atoms with Crippen LogP contribution in [0, 0.1) is 5.92 Å². The van der Waals surface area contributed by atoms with Crippen molar-refractivity contribution in [3.05, 3.63) is 66.2 Å². The van der Waals surface area contributed by atoms with Gasteiger partial charge in [0.15, 0.2) is 0 Å². The van der Waals surface area contributed by atoms with Crippen LogP contribution in [-0.4, -0.2) is 13.1 Å². The third-order valence-corrected chi connectivity index (χ3v) is 3.90. The van der Waals surface area contributed by atoms with Crippen LogP contribution >= 0.6 is 0 Å². The molecule has 0 saturated carbocycles. The molecule has 0 amide bonds. The van der Waals surface area contributed by atoms with Gasteiger partial charge in [-0.25, -0.2) is 0 Å². The van der Waals surface area contributed by atoms with E-state index in [1.165, 1.54) is 18.4 Å². The lowest BCUT2D eigenvalue weighted by Crippen LogP contribution is -2.35. The first kappa shape index (κ1) is 13.2. The predicted octanol–water partition coefficient (Wildman–Crippen LogP) is 3.81. The summed E-state index contributed by atoms with van der Waals surface area (Å²) in [7, 11) is 0. The Balaban J connectivity index is 1.83. The molecule has 2 heteroatoms. The Morgan fingerprint density at radius 3 is 2.30 bits per heavy atom. The molecule has 1 heterocycles. The van der Waals surface area contributed by atoms with Crippen LogP contribution in [0.15, 0.2) is 60.7 Å². The maximum absolute atomic E-state index is 6.30. The van der Waals surface area contributed by atoms with Gasteiger partial charge in [-0.3, -0.25) is 0 Å². The molecule has 0 spiro atoms. The molecule has 0 bridgehead atoms. The molecule has 2 unspecified atom stereocenters. The highest BCUT2D eigenvalue weighted by Crippen LogP contribution is 2.32. The molecule has 1 saturated heterocycles. The first-order chi connectivity index (χ1) is 9.93. The van der Waals surface area contributed by atoms with E-state index in [0.717, 1.165) is 18.8 Å². The van der Waals surface area contributed by atoms with Gasteiger partial charge in [0.2, 0.25) is 0 Å². The van der Waals surface area contributed by atoms with Crippen molar-refractivity contribution in [1.82, 2.24) is 5.32 Å². The van der Waals surface area contributed by atoms with Crippen molar-refractivity contribution in [2.24, 2.45) is 5.92 Å². The maximum atomic E-state index is 6.30. The van der Waals surface area contributed by atoms with Crippen LogP contribution < -0.4 is 10.1 Å². The molecule has 0 aromatic heterocycles. The van der Waals surface area contributed by atoms with E-state index in [-0.39, 0.29) is 6.10 Å². The molecule has 2 nitrogen and oxygen atoms in total. The van der Waals surface area contributed by atoms with Gasteiger partial charge in [-0.05, 0) is 37.1 Å². The topological polar surface area (TPSA) is 21.3 Å². The fourth-order valence-corrected chi connectivity index (χ4v) is 2.86. The Kier molecular flexibility index (Phi) is 4.34. The predicted molar refractivity (Wildman–Crippen MR) is 81.8 cm³/mol. The number of rotatable bonds is 4. The van der Waals surface area contributed by atoms with Crippen molar-refractivity contribution in [2.45, 2.75) is 18.9 Å². The van der Waals surface area contributed by atoms with Crippen molar-refractivity contribution in [1.29, 1.82) is 0 Å². The lowest BCUT2D eigenvalue weighted by molar-refractivity contribution is 0.116. The van der Waals surface area contributed by atoms with E-state index in [1.54, 1.807) is 0 Å². The summed E-state index contributed by atoms with van der Waals surface area (Å²) in [5.41, 5.74) is 1.27. The van der Waals surface area contributed by atoms with Crippen molar-refractivity contribution in [2.75, 3.05) is 13.1 Å². The van der Waals surface area contributed by atoms with E-state index < -0.39 is 0 Å². The molecule has 20 heavy (non-hydrogen) atoms. The summed E-state index contributed by atoms with van der Waals surface area (Å²) >= 11 is 0. The van der Waals surface area contributed by atoms with Gasteiger partial charge in [0.25, 0.3) is 0 Å². The minimum atomic E-state index is 0.131. The van der Waals surface area contributed by atoms with E-state index in [1.807, 2.05) is 30.3 Å². The highest BCUT2D eigenvalue weighted by atomic mass is 16.5. The monoisotopic (exact) mass is 267 g/mol. The summed E-state index contributed by atoms with van der Waals surface area (Å²) in [6, 6.07) is 20.7. The van der Waals surface area contributed by atoms with Gasteiger partial charge in [0.1, 0.15) is 11.9 Å². The summed E-state index contributed by atoms with van der Waals surface area (Å²) in [6.07, 6.45) is 2.58. The highest BCUT2D eigenvalue weighted by Gasteiger charge is 2.26. The van der Waals surface area contributed by atoms with Crippen LogP contribution in [0.3, 0.4) is 0 Å². The van der Waals surface area contributed by atoms with Gasteiger partial charge in [-0.2, -0.15) is 0 Å². The molecule has 1 N–H and O–H groups in total. The molecule has 3 rings (SSSR count). The third-order valence-electron chi connectivity index (χ3n) is 3.90. The molecule has 1 fully saturated rings. The number of hydrogen-bond donors (Lipinski definition) is 1. The quantitative estimate of drug-likeness (QED) is 0.909. The number of piperidine rings is 1. The smallest absolute Gasteiger partial charge is 0.128 e. The lowest BCUT2D eigenvalue weighted by Gasteiger charge is -2.31. The van der Waals surface area contributed by atoms with Crippen molar-refractivity contribution in [3.8, 4) is 5.75 Å². The zero-order valence-electron chi connectivity index (χ0n) is 11.7. The second kappa shape index (κ2) is 6.58. The summed E-state index contributed by atoms with van der Waals surface area (Å²) in [5, 5.41) is 3.49. The van der Waals surface area contributed by atoms with Crippen molar-refractivity contribution < 1.29 is 4.74 Å². The summed E-state index contributed by atoms with van der Waals surface area (Å²) in [5.74, 6) is 1.48. The average molecular weight is 267 g/mol. The zero-order valence-corrected chi connectivity index (χ0v) is 11.7. The average Bonchev–Trinajstić information content (AvgIpc) is 2.55. The standard InChI is InChI=1S/C18H21NO/c1-3-8-15(9-4-1)18(16-10-7-13-19-14-16)20-17-11-5-2-6-12-17/h1-6,8-9,11-12,16,18-19H,7,10,13-14H2. The Labute approximate surface area is 120 Å². The molecule has 0 radical (unpaired) electrons. The van der Waals surface area contributed by atoms with Gasteiger partial charge < -0.3 is 10.1 Å². The number of hydrogen-bond acceptors (Lipinski definition) is 2. The zero-order chi connectivity index (χ0) is 13.6. The Hall–Kier alpha value is -1.80. The van der Waals surface area contributed by atoms with Gasteiger partial charge in [-0.1, -0.05) is 48.5 Å². The molecule has 0 aliphatic carbocycles. The summed E-state index contributed by atoms with van der Waals surface area (Å²) in [4.78, 5) is 0. The molecule has 104 valence electrons. The molecule has 1 aliphatic heterocycles. The van der Waals surface area contributed by atoms with Crippen LogP contribution in [0.5, 0.6) is 5.75 Å². The second-order valence-electron chi connectivity index (χ2n) is 5.37. The van der Waals surface area contributed by atoms with E-state index >= 15 is 0 Å². The van der Waals surface area contributed by atoms with Crippen LogP contribution in [0.1, 0.15) is 24.5 Å². The number of nitrogens with one attached hydrogen (secondary N) is 1. The molecule has 2 aromatic rings. The summed E-state index contributed by atoms with van der Waals surface area (Å²) < 4.78 is 6.30. The lowest BCUT2D eigenvalue weighted by atomic mass is 9.89. The van der Waals surface area contributed by atoms with E-state index in [2.05, 4.69) is 35.6 Å². The normalized spacial score (nSPS) is 20.3. The molecule has 1 aliphatic rings. The first-order valence-corrected chi connectivity index (χ1v) is 7.41. The fraction of sp³-hybridized carbons (Fsp3) is 0.333. The second-order valence-corrected chi connectivity index (χ2v) is 5.37. The first-order valence-electron chi connectivity index (χ1n) is 7.41. The Morgan fingerprint density at radius 2 is 1.65 bits per heavy atom. The minimum absolute atomic E-state index is 0.131. The summed E-state index contributed by atoms with van der Waals surface area (Å²) in [6.45, 7) is 2.16. The largest absolute Gasteiger partial charge is 0.485 e. The van der Waals surface area contributed by atoms with Crippen LogP contribution in [0.25, 0.3) is 0 Å². The molecule has 2 atom stereocenters. The number of ether oxygens (including phenoxy) is 1. The van der Waals surface area contributed by atoms with Crippen LogP contribution in [0.2, 0.25) is 0 Å². The van der Waals surface area contributed by atoms with E-state index in [4.69, 9.17) is 4.74 Å². The van der Waals surface area contributed by atoms with Gasteiger partial charge in [-0.15, -0.1) is 0 Å². The van der Waals surface area contributed by atoms with Crippen molar-refractivity contribution in [3.63, 3.8) is 0 Å². The third kappa shape index (κ3) is 3.20. The van der Waals surface area contributed by atoms with E-state index in [0.29, 0.717) is 5.92 Å². The van der Waals surface area contributed by atoms with Crippen LogP contribution in [-0.2, 0) is 0 Å². The van der Waals surface area contributed by atoms with Crippen LogP contribution in [0.4, 0.5) is 0 Å². The van der Waals surface area contributed by atoms with Gasteiger partial charge in [0, 0.05) is 12.5 Å². The Morgan fingerprint density at radius 1 is 0.950 bits per heavy atom. The SMILES string of the molecule is c1ccc(OC(c2ccccc2)C2CCCNC2)cc1. The van der Waals surface area contributed by atoms with Crippen molar-refractivity contribution >= 4 is 0 Å². The molecule has 2 aromatic carbocycles.